The van der Waals surface area contributed by atoms with Crippen LogP contribution in [0.4, 0.5) is 0 Å². The molecule has 1 aromatic rings. The van der Waals surface area contributed by atoms with Gasteiger partial charge in [0.15, 0.2) is 0 Å². The van der Waals surface area contributed by atoms with E-state index in [1.807, 2.05) is 13.0 Å². The summed E-state index contributed by atoms with van der Waals surface area (Å²) < 4.78 is 5.44. The van der Waals surface area contributed by atoms with Crippen LogP contribution in [0.25, 0.3) is 5.57 Å². The molecule has 0 aliphatic carbocycles. The van der Waals surface area contributed by atoms with Crippen molar-refractivity contribution in [1.82, 2.24) is 0 Å². The molecule has 0 aromatic heterocycles. The Hall–Kier alpha value is -1.44. The Balaban J connectivity index is 2.57. The van der Waals surface area contributed by atoms with Gasteiger partial charge in [0.25, 0.3) is 0 Å². The highest BCUT2D eigenvalue weighted by atomic mass is 16.5. The van der Waals surface area contributed by atoms with Gasteiger partial charge in [-0.15, -0.1) is 0 Å². The van der Waals surface area contributed by atoms with Gasteiger partial charge in [-0.3, -0.25) is 0 Å². The smallest absolute Gasteiger partial charge is 0.126 e. The van der Waals surface area contributed by atoms with Crippen LogP contribution in [0.5, 0.6) is 11.5 Å². The molecule has 74 valence electrons. The molecule has 0 unspecified atom stereocenters. The highest BCUT2D eigenvalue weighted by Crippen LogP contribution is 2.39. The largest absolute Gasteiger partial charge is 0.507 e. The number of rotatable bonds is 1. The van der Waals surface area contributed by atoms with E-state index in [9.17, 15) is 5.11 Å². The molecule has 0 saturated carbocycles. The van der Waals surface area contributed by atoms with E-state index in [0.29, 0.717) is 12.5 Å². The number of hydrogen-bond donors (Lipinski definition) is 1. The molecule has 0 fully saturated rings. The third-order valence-corrected chi connectivity index (χ3v) is 2.61. The van der Waals surface area contributed by atoms with Crippen molar-refractivity contribution >= 4 is 5.57 Å². The van der Waals surface area contributed by atoms with Gasteiger partial charge < -0.3 is 9.84 Å². The van der Waals surface area contributed by atoms with Crippen molar-refractivity contribution in [3.8, 4) is 11.5 Å². The Kier molecular flexibility index (Phi) is 1.99. The van der Waals surface area contributed by atoms with E-state index in [1.165, 1.54) is 5.56 Å². The SMILES string of the molecule is C=C(C)c1cc2c(cc1O)OC[C@@H]2C. The first kappa shape index (κ1) is 9.13. The van der Waals surface area contributed by atoms with Crippen molar-refractivity contribution in [2.24, 2.45) is 0 Å². The third kappa shape index (κ3) is 1.27. The number of allylic oxidation sites excluding steroid dienone is 1. The second-order valence-corrected chi connectivity index (χ2v) is 3.90. The summed E-state index contributed by atoms with van der Waals surface area (Å²) in [5.74, 6) is 1.47. The minimum absolute atomic E-state index is 0.255. The predicted octanol–water partition coefficient (Wildman–Crippen LogP) is 2.92. The monoisotopic (exact) mass is 190 g/mol. The van der Waals surface area contributed by atoms with E-state index >= 15 is 0 Å². The molecule has 1 heterocycles. The Bertz CT molecular complexity index is 394. The minimum Gasteiger partial charge on any atom is -0.507 e. The predicted molar refractivity (Wildman–Crippen MR) is 56.7 cm³/mol. The van der Waals surface area contributed by atoms with Crippen LogP contribution in [0.3, 0.4) is 0 Å². The van der Waals surface area contributed by atoms with Gasteiger partial charge in [0.1, 0.15) is 11.5 Å². The zero-order valence-corrected chi connectivity index (χ0v) is 8.50. The quantitative estimate of drug-likeness (QED) is 0.737. The van der Waals surface area contributed by atoms with Crippen LogP contribution in [0.15, 0.2) is 18.7 Å². The lowest BCUT2D eigenvalue weighted by Gasteiger charge is -2.07. The van der Waals surface area contributed by atoms with Crippen molar-refractivity contribution in [2.45, 2.75) is 19.8 Å². The molecule has 0 radical (unpaired) electrons. The topological polar surface area (TPSA) is 29.5 Å². The highest BCUT2D eigenvalue weighted by Gasteiger charge is 2.22. The minimum atomic E-state index is 0.255. The summed E-state index contributed by atoms with van der Waals surface area (Å²) in [6, 6.07) is 3.66. The standard InChI is InChI=1S/C12H14O2/c1-7(2)9-4-10-8(3)6-14-12(10)5-11(9)13/h4-5,8,13H,1,6H2,2-3H3/t8-/m0/s1. The number of benzene rings is 1. The van der Waals surface area contributed by atoms with Crippen LogP contribution < -0.4 is 4.74 Å². The Morgan fingerprint density at radius 3 is 2.93 bits per heavy atom. The lowest BCUT2D eigenvalue weighted by Crippen LogP contribution is -1.93. The third-order valence-electron chi connectivity index (χ3n) is 2.61. The van der Waals surface area contributed by atoms with Gasteiger partial charge in [0.05, 0.1) is 6.61 Å². The van der Waals surface area contributed by atoms with E-state index in [1.54, 1.807) is 6.07 Å². The van der Waals surface area contributed by atoms with Crippen molar-refractivity contribution < 1.29 is 9.84 Å². The summed E-state index contributed by atoms with van der Waals surface area (Å²) >= 11 is 0. The van der Waals surface area contributed by atoms with Crippen LogP contribution in [0.1, 0.15) is 30.9 Å². The molecule has 1 aliphatic heterocycles. The Labute approximate surface area is 83.8 Å². The molecule has 1 N–H and O–H groups in total. The number of phenols is 1. The molecule has 1 atom stereocenters. The average molecular weight is 190 g/mol. The molecule has 0 spiro atoms. The zero-order chi connectivity index (χ0) is 10.3. The molecule has 1 aliphatic rings. The first-order valence-corrected chi connectivity index (χ1v) is 4.75. The van der Waals surface area contributed by atoms with Crippen LogP contribution in [-0.2, 0) is 0 Å². The molecule has 2 rings (SSSR count). The second kappa shape index (κ2) is 3.05. The lowest BCUT2D eigenvalue weighted by molar-refractivity contribution is 0.336. The van der Waals surface area contributed by atoms with Crippen LogP contribution in [-0.4, -0.2) is 11.7 Å². The van der Waals surface area contributed by atoms with Gasteiger partial charge in [-0.1, -0.05) is 13.5 Å². The summed E-state index contributed by atoms with van der Waals surface area (Å²) in [5, 5.41) is 9.69. The molecule has 2 nitrogen and oxygen atoms in total. The molecule has 14 heavy (non-hydrogen) atoms. The van der Waals surface area contributed by atoms with Crippen molar-refractivity contribution in [3.05, 3.63) is 29.8 Å². The fourth-order valence-corrected chi connectivity index (χ4v) is 1.74. The molecule has 0 bridgehead atoms. The molecule has 0 saturated heterocycles. The summed E-state index contributed by atoms with van der Waals surface area (Å²) in [6.45, 7) is 8.55. The fourth-order valence-electron chi connectivity index (χ4n) is 1.74. The van der Waals surface area contributed by atoms with Crippen molar-refractivity contribution in [3.63, 3.8) is 0 Å². The summed E-state index contributed by atoms with van der Waals surface area (Å²) in [6.07, 6.45) is 0. The van der Waals surface area contributed by atoms with Gasteiger partial charge in [-0.2, -0.15) is 0 Å². The average Bonchev–Trinajstić information content (AvgIpc) is 2.46. The maximum atomic E-state index is 9.69. The van der Waals surface area contributed by atoms with Crippen molar-refractivity contribution in [1.29, 1.82) is 0 Å². The maximum absolute atomic E-state index is 9.69. The summed E-state index contributed by atoms with van der Waals surface area (Å²) in [4.78, 5) is 0. The van der Waals surface area contributed by atoms with E-state index in [4.69, 9.17) is 4.74 Å². The zero-order valence-electron chi connectivity index (χ0n) is 8.50. The molecule has 1 aromatic carbocycles. The number of ether oxygens (including phenoxy) is 1. The maximum Gasteiger partial charge on any atom is 0.126 e. The van der Waals surface area contributed by atoms with Gasteiger partial charge >= 0.3 is 0 Å². The van der Waals surface area contributed by atoms with Crippen LogP contribution in [0, 0.1) is 0 Å². The van der Waals surface area contributed by atoms with E-state index in [2.05, 4.69) is 13.5 Å². The first-order valence-electron chi connectivity index (χ1n) is 4.75. The fraction of sp³-hybridized carbons (Fsp3) is 0.333. The molecular formula is C12H14O2. The Morgan fingerprint density at radius 1 is 1.57 bits per heavy atom. The van der Waals surface area contributed by atoms with E-state index in [-0.39, 0.29) is 5.75 Å². The first-order chi connectivity index (χ1) is 6.59. The van der Waals surface area contributed by atoms with E-state index in [0.717, 1.165) is 16.9 Å². The Morgan fingerprint density at radius 2 is 2.29 bits per heavy atom. The summed E-state index contributed by atoms with van der Waals surface area (Å²) in [7, 11) is 0. The molecular weight excluding hydrogens is 176 g/mol. The number of phenolic OH excluding ortho intramolecular Hbond substituents is 1. The lowest BCUT2D eigenvalue weighted by atomic mass is 9.98. The summed E-state index contributed by atoms with van der Waals surface area (Å²) in [5.41, 5.74) is 2.87. The number of hydrogen-bond acceptors (Lipinski definition) is 2. The van der Waals surface area contributed by atoms with Crippen molar-refractivity contribution in [2.75, 3.05) is 6.61 Å². The van der Waals surface area contributed by atoms with E-state index < -0.39 is 0 Å². The normalized spacial score (nSPS) is 18.9. The molecule has 2 heteroatoms. The van der Waals surface area contributed by atoms with Crippen LogP contribution >= 0.6 is 0 Å². The number of fused-ring (bicyclic) bond motifs is 1. The number of aromatic hydroxyl groups is 1. The van der Waals surface area contributed by atoms with Gasteiger partial charge in [0.2, 0.25) is 0 Å². The van der Waals surface area contributed by atoms with Gasteiger partial charge in [-0.05, 0) is 18.6 Å². The highest BCUT2D eigenvalue weighted by molar-refractivity contribution is 5.69. The van der Waals surface area contributed by atoms with Crippen LogP contribution in [0.2, 0.25) is 0 Å². The second-order valence-electron chi connectivity index (χ2n) is 3.90. The van der Waals surface area contributed by atoms with Gasteiger partial charge in [0, 0.05) is 23.1 Å². The van der Waals surface area contributed by atoms with Gasteiger partial charge in [-0.25, -0.2) is 0 Å². The molecule has 0 amide bonds.